The second-order valence-electron chi connectivity index (χ2n) is 3.95. The van der Waals surface area contributed by atoms with Gasteiger partial charge in [0.05, 0.1) is 20.2 Å². The molecule has 1 aliphatic heterocycles. The Morgan fingerprint density at radius 1 is 1.31 bits per heavy atom. The zero-order valence-corrected chi connectivity index (χ0v) is 8.89. The minimum absolute atomic E-state index is 0.289. The highest BCUT2D eigenvalue weighted by molar-refractivity contribution is 7.93. The molecule has 0 fully saturated rings. The van der Waals surface area contributed by atoms with Gasteiger partial charge in [-0.25, -0.2) is 8.57 Å². The fraction of sp³-hybridized carbons (Fsp3) is 0.400. The molecule has 1 aromatic rings. The molecule has 1 aliphatic rings. The molecule has 13 heavy (non-hydrogen) atoms. The lowest BCUT2D eigenvalue weighted by Crippen LogP contribution is -2.09. The van der Waals surface area contributed by atoms with E-state index in [1.807, 2.05) is 38.1 Å². The van der Waals surface area contributed by atoms with E-state index in [2.05, 4.69) is 4.36 Å². The SMILES string of the molecule is CC1(C)N=S(C)(=O)c2ccccc21. The smallest absolute Gasteiger partial charge is 0.0910 e. The quantitative estimate of drug-likeness (QED) is 0.625. The first kappa shape index (κ1) is 8.75. The summed E-state index contributed by atoms with van der Waals surface area (Å²) in [4.78, 5) is 0.903. The molecule has 1 aromatic carbocycles. The number of hydrogen-bond donors (Lipinski definition) is 0. The molecule has 0 saturated heterocycles. The molecule has 0 bridgehead atoms. The molecular weight excluding hydrogens is 182 g/mol. The number of fused-ring (bicyclic) bond motifs is 1. The van der Waals surface area contributed by atoms with E-state index in [0.717, 1.165) is 10.5 Å². The van der Waals surface area contributed by atoms with E-state index in [4.69, 9.17) is 0 Å². The van der Waals surface area contributed by atoms with Gasteiger partial charge in [-0.15, -0.1) is 0 Å². The minimum Gasteiger partial charge on any atom is -0.245 e. The second-order valence-corrected chi connectivity index (χ2v) is 6.18. The van der Waals surface area contributed by atoms with Gasteiger partial charge in [0.15, 0.2) is 0 Å². The second kappa shape index (κ2) is 2.35. The van der Waals surface area contributed by atoms with Crippen LogP contribution in [0.15, 0.2) is 33.5 Å². The maximum atomic E-state index is 12.1. The van der Waals surface area contributed by atoms with Crippen LogP contribution in [0.5, 0.6) is 0 Å². The van der Waals surface area contributed by atoms with Gasteiger partial charge in [-0.2, -0.15) is 0 Å². The van der Waals surface area contributed by atoms with Crippen molar-refractivity contribution < 1.29 is 4.21 Å². The average molecular weight is 195 g/mol. The molecule has 0 aliphatic carbocycles. The Morgan fingerprint density at radius 3 is 2.54 bits per heavy atom. The van der Waals surface area contributed by atoms with Crippen LogP contribution in [0.25, 0.3) is 0 Å². The fourth-order valence-electron chi connectivity index (χ4n) is 1.84. The molecule has 1 unspecified atom stereocenters. The lowest BCUT2D eigenvalue weighted by Gasteiger charge is -2.13. The predicted molar refractivity (Wildman–Crippen MR) is 54.2 cm³/mol. The summed E-state index contributed by atoms with van der Waals surface area (Å²) in [5, 5.41) is 0. The number of benzene rings is 1. The average Bonchev–Trinajstić information content (AvgIpc) is 2.20. The van der Waals surface area contributed by atoms with Crippen molar-refractivity contribution in [1.82, 2.24) is 0 Å². The van der Waals surface area contributed by atoms with Gasteiger partial charge in [0.25, 0.3) is 0 Å². The topological polar surface area (TPSA) is 29.4 Å². The summed E-state index contributed by atoms with van der Waals surface area (Å²) in [6.07, 6.45) is 1.71. The normalized spacial score (nSPS) is 29.5. The summed E-state index contributed by atoms with van der Waals surface area (Å²) in [6.45, 7) is 4.00. The van der Waals surface area contributed by atoms with E-state index in [1.54, 1.807) is 6.26 Å². The molecule has 0 radical (unpaired) electrons. The first-order valence-electron chi connectivity index (χ1n) is 4.26. The summed E-state index contributed by atoms with van der Waals surface area (Å²) in [7, 11) is -2.14. The predicted octanol–water partition coefficient (Wildman–Crippen LogP) is 2.39. The van der Waals surface area contributed by atoms with Crippen LogP contribution < -0.4 is 0 Å². The summed E-state index contributed by atoms with van der Waals surface area (Å²) in [6, 6.07) is 7.81. The molecule has 0 spiro atoms. The summed E-state index contributed by atoms with van der Waals surface area (Å²) in [5.41, 5.74) is 0.810. The molecule has 0 aromatic heterocycles. The molecule has 1 heterocycles. The highest BCUT2D eigenvalue weighted by Gasteiger charge is 2.32. The Hall–Kier alpha value is -0.830. The van der Waals surface area contributed by atoms with Gasteiger partial charge in [0, 0.05) is 6.26 Å². The van der Waals surface area contributed by atoms with E-state index in [-0.39, 0.29) is 5.54 Å². The van der Waals surface area contributed by atoms with Crippen LogP contribution >= 0.6 is 0 Å². The molecule has 0 N–H and O–H groups in total. The molecule has 0 saturated carbocycles. The van der Waals surface area contributed by atoms with E-state index in [1.165, 1.54) is 0 Å². The van der Waals surface area contributed by atoms with E-state index in [0.29, 0.717) is 0 Å². The van der Waals surface area contributed by atoms with Crippen LogP contribution in [0.2, 0.25) is 0 Å². The third-order valence-corrected chi connectivity index (χ3v) is 4.33. The Bertz CT molecular complexity index is 468. The fourth-order valence-corrected chi connectivity index (χ4v) is 3.96. The Kier molecular flexibility index (Phi) is 1.58. The summed E-state index contributed by atoms with van der Waals surface area (Å²) >= 11 is 0. The summed E-state index contributed by atoms with van der Waals surface area (Å²) < 4.78 is 16.4. The van der Waals surface area contributed by atoms with Crippen molar-refractivity contribution in [3.63, 3.8) is 0 Å². The van der Waals surface area contributed by atoms with Crippen LogP contribution in [-0.4, -0.2) is 10.5 Å². The molecule has 1 atom stereocenters. The minimum atomic E-state index is -2.14. The first-order valence-corrected chi connectivity index (χ1v) is 6.19. The van der Waals surface area contributed by atoms with E-state index >= 15 is 0 Å². The van der Waals surface area contributed by atoms with Crippen LogP contribution in [0, 0.1) is 0 Å². The zero-order chi connectivity index (χ0) is 9.69. The molecule has 2 rings (SSSR count). The number of hydrogen-bond acceptors (Lipinski definition) is 2. The maximum absolute atomic E-state index is 12.1. The van der Waals surface area contributed by atoms with Crippen molar-refractivity contribution in [1.29, 1.82) is 0 Å². The zero-order valence-electron chi connectivity index (χ0n) is 8.07. The third kappa shape index (κ3) is 1.18. The number of nitrogens with zero attached hydrogens (tertiary/aromatic N) is 1. The lowest BCUT2D eigenvalue weighted by atomic mass is 9.96. The Labute approximate surface area is 79.2 Å². The van der Waals surface area contributed by atoms with Gasteiger partial charge in [-0.05, 0) is 25.5 Å². The molecular formula is C10H13NOS. The van der Waals surface area contributed by atoms with Crippen LogP contribution in [0.4, 0.5) is 0 Å². The van der Waals surface area contributed by atoms with Crippen molar-refractivity contribution in [2.45, 2.75) is 24.3 Å². The van der Waals surface area contributed by atoms with E-state index in [9.17, 15) is 4.21 Å². The standard InChI is InChI=1S/C10H13NOS/c1-10(2)8-6-4-5-7-9(8)13(3,12)11-10/h4-7H,1-3H3. The lowest BCUT2D eigenvalue weighted by molar-refractivity contribution is 0.566. The monoisotopic (exact) mass is 195 g/mol. The molecule has 70 valence electrons. The Morgan fingerprint density at radius 2 is 1.92 bits per heavy atom. The van der Waals surface area contributed by atoms with Gasteiger partial charge in [0.1, 0.15) is 0 Å². The van der Waals surface area contributed by atoms with Crippen LogP contribution in [0.3, 0.4) is 0 Å². The summed E-state index contributed by atoms with van der Waals surface area (Å²) in [5.74, 6) is 0. The van der Waals surface area contributed by atoms with E-state index < -0.39 is 9.73 Å². The van der Waals surface area contributed by atoms with Crippen LogP contribution in [-0.2, 0) is 15.3 Å². The third-order valence-electron chi connectivity index (χ3n) is 2.36. The highest BCUT2D eigenvalue weighted by Crippen LogP contribution is 2.38. The van der Waals surface area contributed by atoms with Gasteiger partial charge in [-0.3, -0.25) is 0 Å². The van der Waals surface area contributed by atoms with Crippen molar-refractivity contribution in [2.75, 3.05) is 6.26 Å². The number of rotatable bonds is 0. The van der Waals surface area contributed by atoms with Crippen LogP contribution in [0.1, 0.15) is 19.4 Å². The van der Waals surface area contributed by atoms with Crippen molar-refractivity contribution in [3.8, 4) is 0 Å². The Balaban J connectivity index is 2.84. The molecule has 3 heteroatoms. The maximum Gasteiger partial charge on any atom is 0.0910 e. The first-order chi connectivity index (χ1) is 5.93. The van der Waals surface area contributed by atoms with Crippen molar-refractivity contribution in [3.05, 3.63) is 29.8 Å². The van der Waals surface area contributed by atoms with Crippen molar-refractivity contribution in [2.24, 2.45) is 4.36 Å². The van der Waals surface area contributed by atoms with Crippen molar-refractivity contribution >= 4 is 9.73 Å². The van der Waals surface area contributed by atoms with Gasteiger partial charge in [-0.1, -0.05) is 18.2 Å². The highest BCUT2D eigenvalue weighted by atomic mass is 32.2. The van der Waals surface area contributed by atoms with Gasteiger partial charge in [0.2, 0.25) is 0 Å². The molecule has 0 amide bonds. The largest absolute Gasteiger partial charge is 0.245 e. The van der Waals surface area contributed by atoms with Gasteiger partial charge < -0.3 is 0 Å². The molecule has 2 nitrogen and oxygen atoms in total. The van der Waals surface area contributed by atoms with Gasteiger partial charge >= 0.3 is 0 Å².